The van der Waals surface area contributed by atoms with Crippen LogP contribution in [0.5, 0.6) is 0 Å². The van der Waals surface area contributed by atoms with E-state index in [9.17, 15) is 18.8 Å². The van der Waals surface area contributed by atoms with Gasteiger partial charge in [0.1, 0.15) is 17.1 Å². The van der Waals surface area contributed by atoms with E-state index in [0.717, 1.165) is 4.90 Å². The number of rotatable bonds is 4. The number of carbonyl (C=O) groups is 3. The van der Waals surface area contributed by atoms with Gasteiger partial charge in [-0.1, -0.05) is 0 Å². The number of amides is 2. The first-order chi connectivity index (χ1) is 13.4. The summed E-state index contributed by atoms with van der Waals surface area (Å²) in [7, 11) is 0. The SMILES string of the molecule is CCOC(=O)[C@]1(C)N[C@H](c2ccco2)[C@H]2C(=O)N(c3ccc(F)cc3)C(=O)[C@@H]21. The number of hydrogen-bond donors (Lipinski definition) is 1. The molecule has 2 aliphatic heterocycles. The zero-order chi connectivity index (χ0) is 20.1. The van der Waals surface area contributed by atoms with Crippen LogP contribution in [0.3, 0.4) is 0 Å². The van der Waals surface area contributed by atoms with Crippen LogP contribution in [0.4, 0.5) is 10.1 Å². The first-order valence-electron chi connectivity index (χ1n) is 9.00. The van der Waals surface area contributed by atoms with Crippen LogP contribution in [0.2, 0.25) is 0 Å². The van der Waals surface area contributed by atoms with Gasteiger partial charge in [-0.2, -0.15) is 0 Å². The molecule has 28 heavy (non-hydrogen) atoms. The molecule has 0 radical (unpaired) electrons. The van der Waals surface area contributed by atoms with Crippen LogP contribution >= 0.6 is 0 Å². The van der Waals surface area contributed by atoms with Crippen LogP contribution in [-0.4, -0.2) is 29.9 Å². The van der Waals surface area contributed by atoms with Gasteiger partial charge in [0.25, 0.3) is 0 Å². The first kappa shape index (κ1) is 18.4. The molecule has 0 aliphatic carbocycles. The predicted octanol–water partition coefficient (Wildman–Crippen LogP) is 2.19. The van der Waals surface area contributed by atoms with Crippen molar-refractivity contribution in [1.29, 1.82) is 0 Å². The summed E-state index contributed by atoms with van der Waals surface area (Å²) < 4.78 is 23.9. The molecule has 8 heteroatoms. The minimum Gasteiger partial charge on any atom is -0.468 e. The minimum atomic E-state index is -1.40. The zero-order valence-corrected chi connectivity index (χ0v) is 15.3. The highest BCUT2D eigenvalue weighted by Crippen LogP contribution is 2.50. The van der Waals surface area contributed by atoms with Gasteiger partial charge in [-0.25, -0.2) is 9.29 Å². The summed E-state index contributed by atoms with van der Waals surface area (Å²) in [5.41, 5.74) is -1.14. The number of carbonyl (C=O) groups excluding carboxylic acids is 3. The highest BCUT2D eigenvalue weighted by atomic mass is 19.1. The molecule has 2 saturated heterocycles. The number of esters is 1. The van der Waals surface area contributed by atoms with E-state index >= 15 is 0 Å². The highest BCUT2D eigenvalue weighted by Gasteiger charge is 2.67. The van der Waals surface area contributed by atoms with E-state index in [-0.39, 0.29) is 12.3 Å². The smallest absolute Gasteiger partial charge is 0.326 e. The standard InChI is InChI=1S/C20H19FN2O5/c1-3-27-19(26)20(2)15-14(16(22-20)13-5-4-10-28-13)17(24)23(18(15)25)12-8-6-11(21)7-9-12/h4-10,14-16,22H,3H2,1-2H3/t14-,15+,16+,20+/m0/s1. The Morgan fingerprint density at radius 2 is 1.96 bits per heavy atom. The molecule has 2 amide bonds. The van der Waals surface area contributed by atoms with Gasteiger partial charge >= 0.3 is 5.97 Å². The summed E-state index contributed by atoms with van der Waals surface area (Å²) in [5, 5.41) is 3.10. The van der Waals surface area contributed by atoms with Gasteiger partial charge < -0.3 is 9.15 Å². The average molecular weight is 386 g/mol. The number of halogens is 1. The average Bonchev–Trinajstić information content (AvgIpc) is 3.35. The molecule has 0 bridgehead atoms. The summed E-state index contributed by atoms with van der Waals surface area (Å²) in [5.74, 6) is -3.46. The van der Waals surface area contributed by atoms with Gasteiger partial charge in [0.05, 0.1) is 36.4 Å². The maximum atomic E-state index is 13.3. The van der Waals surface area contributed by atoms with E-state index in [1.807, 2.05) is 0 Å². The Morgan fingerprint density at radius 3 is 2.57 bits per heavy atom. The molecule has 1 N–H and O–H groups in total. The third-order valence-electron chi connectivity index (χ3n) is 5.42. The van der Waals surface area contributed by atoms with Crippen molar-refractivity contribution in [3.05, 3.63) is 54.2 Å². The predicted molar refractivity (Wildman–Crippen MR) is 95.5 cm³/mol. The minimum absolute atomic E-state index is 0.142. The number of imide groups is 1. The lowest BCUT2D eigenvalue weighted by Crippen LogP contribution is -2.54. The van der Waals surface area contributed by atoms with Crippen molar-refractivity contribution in [2.24, 2.45) is 11.8 Å². The van der Waals surface area contributed by atoms with Gasteiger partial charge in [0.2, 0.25) is 11.8 Å². The van der Waals surface area contributed by atoms with Gasteiger partial charge in [-0.3, -0.25) is 19.7 Å². The fourth-order valence-corrected chi connectivity index (χ4v) is 4.16. The number of hydrogen-bond acceptors (Lipinski definition) is 6. The van der Waals surface area contributed by atoms with Crippen LogP contribution in [-0.2, 0) is 19.1 Å². The fraction of sp³-hybridized carbons (Fsp3) is 0.350. The second-order valence-corrected chi connectivity index (χ2v) is 7.05. The molecule has 2 aliphatic rings. The van der Waals surface area contributed by atoms with Crippen molar-refractivity contribution >= 4 is 23.5 Å². The molecule has 0 unspecified atom stereocenters. The number of ether oxygens (including phenoxy) is 1. The van der Waals surface area contributed by atoms with Crippen LogP contribution in [0.25, 0.3) is 0 Å². The summed E-state index contributed by atoms with van der Waals surface area (Å²) in [6, 6.07) is 7.77. The largest absolute Gasteiger partial charge is 0.468 e. The highest BCUT2D eigenvalue weighted by molar-refractivity contribution is 6.24. The third kappa shape index (κ3) is 2.56. The first-order valence-corrected chi connectivity index (χ1v) is 9.00. The number of benzene rings is 1. The zero-order valence-electron chi connectivity index (χ0n) is 15.3. The number of nitrogens with zero attached hydrogens (tertiary/aromatic N) is 1. The maximum absolute atomic E-state index is 13.3. The molecule has 146 valence electrons. The summed E-state index contributed by atoms with van der Waals surface area (Å²) in [6.07, 6.45) is 1.46. The van der Waals surface area contributed by atoms with Crippen LogP contribution < -0.4 is 10.2 Å². The van der Waals surface area contributed by atoms with Crippen molar-refractivity contribution in [1.82, 2.24) is 5.32 Å². The lowest BCUT2D eigenvalue weighted by molar-refractivity contribution is -0.153. The quantitative estimate of drug-likeness (QED) is 0.640. The lowest BCUT2D eigenvalue weighted by atomic mass is 9.81. The number of anilines is 1. The van der Waals surface area contributed by atoms with Crippen molar-refractivity contribution in [2.75, 3.05) is 11.5 Å². The third-order valence-corrected chi connectivity index (χ3v) is 5.42. The van der Waals surface area contributed by atoms with Gasteiger partial charge in [-0.05, 0) is 50.2 Å². The Labute approximate surface area is 160 Å². The normalized spacial score (nSPS) is 29.2. The summed E-state index contributed by atoms with van der Waals surface area (Å²) >= 11 is 0. The van der Waals surface area contributed by atoms with Gasteiger partial charge in [0, 0.05) is 0 Å². The molecule has 1 aromatic carbocycles. The van der Waals surface area contributed by atoms with E-state index in [4.69, 9.17) is 9.15 Å². The van der Waals surface area contributed by atoms with E-state index in [1.54, 1.807) is 26.0 Å². The Hall–Kier alpha value is -3.00. The Morgan fingerprint density at radius 1 is 1.25 bits per heavy atom. The molecular weight excluding hydrogens is 367 g/mol. The molecule has 1 aromatic heterocycles. The van der Waals surface area contributed by atoms with Crippen molar-refractivity contribution in [3.8, 4) is 0 Å². The molecule has 4 rings (SSSR count). The molecule has 0 saturated carbocycles. The molecule has 7 nitrogen and oxygen atoms in total. The Kier molecular flexibility index (Phi) is 4.30. The van der Waals surface area contributed by atoms with Crippen molar-refractivity contribution in [3.63, 3.8) is 0 Å². The molecule has 2 aromatic rings. The Bertz CT molecular complexity index is 927. The van der Waals surface area contributed by atoms with E-state index < -0.39 is 47.0 Å². The van der Waals surface area contributed by atoms with Crippen LogP contribution in [0.1, 0.15) is 25.6 Å². The van der Waals surface area contributed by atoms with Gasteiger partial charge in [0.15, 0.2) is 0 Å². The van der Waals surface area contributed by atoms with E-state index in [0.29, 0.717) is 5.76 Å². The van der Waals surface area contributed by atoms with Crippen LogP contribution in [0, 0.1) is 17.7 Å². The second-order valence-electron chi connectivity index (χ2n) is 7.05. The molecule has 4 atom stereocenters. The number of fused-ring (bicyclic) bond motifs is 1. The lowest BCUT2D eigenvalue weighted by Gasteiger charge is -2.28. The van der Waals surface area contributed by atoms with Gasteiger partial charge in [-0.15, -0.1) is 0 Å². The molecular formula is C20H19FN2O5. The van der Waals surface area contributed by atoms with Crippen LogP contribution in [0.15, 0.2) is 47.1 Å². The Balaban J connectivity index is 1.80. The molecule has 3 heterocycles. The monoisotopic (exact) mass is 386 g/mol. The fourth-order valence-electron chi connectivity index (χ4n) is 4.16. The van der Waals surface area contributed by atoms with Crippen molar-refractivity contribution in [2.45, 2.75) is 25.4 Å². The van der Waals surface area contributed by atoms with E-state index in [1.165, 1.54) is 30.5 Å². The number of furan rings is 1. The maximum Gasteiger partial charge on any atom is 0.326 e. The summed E-state index contributed by atoms with van der Waals surface area (Å²) in [4.78, 5) is 40.2. The van der Waals surface area contributed by atoms with E-state index in [2.05, 4.69) is 5.32 Å². The molecule has 0 spiro atoms. The summed E-state index contributed by atoms with van der Waals surface area (Å²) in [6.45, 7) is 3.37. The molecule has 2 fully saturated rings. The number of nitrogens with one attached hydrogen (secondary N) is 1. The second kappa shape index (κ2) is 6.56. The topological polar surface area (TPSA) is 88.8 Å². The van der Waals surface area contributed by atoms with Crippen molar-refractivity contribution < 1.29 is 27.9 Å².